The Morgan fingerprint density at radius 2 is 2.10 bits per heavy atom. The maximum Gasteiger partial charge on any atom is 0.162 e. The quantitative estimate of drug-likeness (QED) is 0.457. The first-order valence-electron chi connectivity index (χ1n) is 10.4. The summed E-state index contributed by atoms with van der Waals surface area (Å²) in [5.41, 5.74) is 5.04. The lowest BCUT2D eigenvalue weighted by Gasteiger charge is -2.34. The first-order chi connectivity index (χ1) is 15.2. The number of rotatable bonds is 3. The van der Waals surface area contributed by atoms with Gasteiger partial charge in [-0.3, -0.25) is 4.68 Å². The van der Waals surface area contributed by atoms with E-state index < -0.39 is 0 Å². The van der Waals surface area contributed by atoms with E-state index in [1.807, 2.05) is 36.3 Å². The minimum Gasteiger partial charge on any atom is -0.377 e. The molecule has 156 valence electrons. The fourth-order valence-electron chi connectivity index (χ4n) is 4.28. The lowest BCUT2D eigenvalue weighted by molar-refractivity contribution is 0.0987. The average Bonchev–Trinajstić information content (AvgIpc) is 3.52. The normalized spacial score (nSPS) is 17.1. The zero-order chi connectivity index (χ0) is 20.9. The fourth-order valence-corrected chi connectivity index (χ4v) is 5.28. The molecule has 31 heavy (non-hydrogen) atoms. The van der Waals surface area contributed by atoms with Crippen molar-refractivity contribution < 1.29 is 4.74 Å². The van der Waals surface area contributed by atoms with E-state index in [9.17, 15) is 0 Å². The van der Waals surface area contributed by atoms with Gasteiger partial charge in [-0.05, 0) is 25.1 Å². The predicted octanol–water partition coefficient (Wildman–Crippen LogP) is 4.47. The third-order valence-corrected chi connectivity index (χ3v) is 6.83. The molecule has 7 nitrogen and oxygen atoms in total. The molecule has 0 bridgehead atoms. The van der Waals surface area contributed by atoms with Gasteiger partial charge < -0.3 is 14.6 Å². The molecular formula is C23H22N6OS. The molecule has 5 aromatic rings. The minimum absolute atomic E-state index is 0.253. The molecule has 5 heterocycles. The van der Waals surface area contributed by atoms with Gasteiger partial charge in [-0.1, -0.05) is 12.1 Å². The highest BCUT2D eigenvalue weighted by Crippen LogP contribution is 2.40. The summed E-state index contributed by atoms with van der Waals surface area (Å²) in [6.07, 6.45) is 3.92. The Labute approximate surface area is 183 Å². The Kier molecular flexibility index (Phi) is 4.29. The standard InChI is InChI=1S/C23H22N6OS/c1-14-12-30-11-10-29(14)23-21-20(17(13-31-21)19-7-9-28(2)27-19)25-22(26-23)16-4-3-5-18-15(16)6-8-24-18/h3-9,13-14,24H,10-12H2,1-2H3. The van der Waals surface area contributed by atoms with Crippen molar-refractivity contribution in [1.29, 1.82) is 0 Å². The van der Waals surface area contributed by atoms with Gasteiger partial charge in [0.05, 0.1) is 35.2 Å². The summed E-state index contributed by atoms with van der Waals surface area (Å²) >= 11 is 1.69. The smallest absolute Gasteiger partial charge is 0.162 e. The number of hydrogen-bond acceptors (Lipinski definition) is 6. The highest BCUT2D eigenvalue weighted by atomic mass is 32.1. The molecule has 8 heteroatoms. The van der Waals surface area contributed by atoms with E-state index in [0.717, 1.165) is 56.1 Å². The fraction of sp³-hybridized carbons (Fsp3) is 0.261. The van der Waals surface area contributed by atoms with Gasteiger partial charge in [0, 0.05) is 53.4 Å². The maximum absolute atomic E-state index is 5.69. The van der Waals surface area contributed by atoms with Crippen molar-refractivity contribution in [3.05, 3.63) is 48.1 Å². The average molecular weight is 431 g/mol. The summed E-state index contributed by atoms with van der Waals surface area (Å²) in [4.78, 5) is 15.8. The number of thiophene rings is 1. The van der Waals surface area contributed by atoms with Gasteiger partial charge in [-0.15, -0.1) is 11.3 Å². The van der Waals surface area contributed by atoms with Crippen molar-refractivity contribution in [3.63, 3.8) is 0 Å². The number of benzene rings is 1. The molecule has 0 radical (unpaired) electrons. The van der Waals surface area contributed by atoms with Crippen LogP contribution in [-0.2, 0) is 11.8 Å². The SMILES string of the molecule is CC1COCCN1c1nc(-c2cccc3[nH]ccc23)nc2c(-c3ccn(C)n3)csc12. The van der Waals surface area contributed by atoms with E-state index in [-0.39, 0.29) is 6.04 Å². The van der Waals surface area contributed by atoms with Crippen LogP contribution < -0.4 is 4.90 Å². The number of aromatic nitrogens is 5. The molecule has 1 fully saturated rings. The van der Waals surface area contributed by atoms with Crippen LogP contribution in [-0.4, -0.2) is 50.5 Å². The molecule has 0 spiro atoms. The van der Waals surface area contributed by atoms with Gasteiger partial charge in [-0.25, -0.2) is 9.97 Å². The van der Waals surface area contributed by atoms with Crippen molar-refractivity contribution in [2.45, 2.75) is 13.0 Å². The Hall–Kier alpha value is -3.23. The lowest BCUT2D eigenvalue weighted by atomic mass is 10.1. The van der Waals surface area contributed by atoms with E-state index in [1.165, 1.54) is 0 Å². The van der Waals surface area contributed by atoms with Gasteiger partial charge in [0.25, 0.3) is 0 Å². The van der Waals surface area contributed by atoms with E-state index in [2.05, 4.69) is 45.5 Å². The van der Waals surface area contributed by atoms with Crippen LogP contribution in [0.25, 0.3) is 43.8 Å². The number of hydrogen-bond donors (Lipinski definition) is 1. The van der Waals surface area contributed by atoms with Gasteiger partial charge in [0.15, 0.2) is 11.6 Å². The van der Waals surface area contributed by atoms with Crippen LogP contribution in [0.1, 0.15) is 6.92 Å². The summed E-state index contributed by atoms with van der Waals surface area (Å²) in [5, 5.41) is 7.90. The van der Waals surface area contributed by atoms with Crippen LogP contribution in [0, 0.1) is 0 Å². The third kappa shape index (κ3) is 3.02. The van der Waals surface area contributed by atoms with Gasteiger partial charge in [0.1, 0.15) is 0 Å². The topological polar surface area (TPSA) is 71.9 Å². The second kappa shape index (κ2) is 7.18. The molecule has 1 aliphatic rings. The molecule has 4 aromatic heterocycles. The molecule has 0 amide bonds. The Bertz CT molecular complexity index is 1400. The molecule has 1 aliphatic heterocycles. The van der Waals surface area contributed by atoms with Gasteiger partial charge in [0.2, 0.25) is 0 Å². The predicted molar refractivity (Wildman–Crippen MR) is 125 cm³/mol. The molecule has 0 saturated carbocycles. The molecule has 1 atom stereocenters. The number of anilines is 1. The number of morpholine rings is 1. The van der Waals surface area contributed by atoms with Crippen molar-refractivity contribution in [3.8, 4) is 22.6 Å². The molecule has 1 N–H and O–H groups in total. The number of H-pyrrole nitrogens is 1. The number of nitrogens with one attached hydrogen (secondary N) is 1. The summed E-state index contributed by atoms with van der Waals surface area (Å²) in [6.45, 7) is 4.41. The van der Waals surface area contributed by atoms with Crippen molar-refractivity contribution in [2.24, 2.45) is 7.05 Å². The van der Waals surface area contributed by atoms with Crippen LogP contribution in [0.4, 0.5) is 5.82 Å². The molecule has 1 aromatic carbocycles. The number of ether oxygens (including phenoxy) is 1. The first kappa shape index (κ1) is 18.5. The minimum atomic E-state index is 0.253. The van der Waals surface area contributed by atoms with Crippen LogP contribution in [0.2, 0.25) is 0 Å². The highest BCUT2D eigenvalue weighted by molar-refractivity contribution is 7.18. The summed E-state index contributed by atoms with van der Waals surface area (Å²) in [5.74, 6) is 1.72. The molecule has 1 unspecified atom stereocenters. The monoisotopic (exact) mass is 430 g/mol. The Morgan fingerprint density at radius 3 is 2.94 bits per heavy atom. The van der Waals surface area contributed by atoms with Crippen LogP contribution in [0.15, 0.2) is 48.1 Å². The van der Waals surface area contributed by atoms with Crippen LogP contribution in [0.5, 0.6) is 0 Å². The summed E-state index contributed by atoms with van der Waals surface area (Å²) in [7, 11) is 1.94. The van der Waals surface area contributed by atoms with Crippen molar-refractivity contribution in [2.75, 3.05) is 24.7 Å². The maximum atomic E-state index is 5.69. The zero-order valence-electron chi connectivity index (χ0n) is 17.4. The zero-order valence-corrected chi connectivity index (χ0v) is 18.2. The summed E-state index contributed by atoms with van der Waals surface area (Å²) < 4.78 is 8.61. The van der Waals surface area contributed by atoms with E-state index in [0.29, 0.717) is 13.2 Å². The number of fused-ring (bicyclic) bond motifs is 2. The Morgan fingerprint density at radius 1 is 1.16 bits per heavy atom. The van der Waals surface area contributed by atoms with Crippen LogP contribution in [0.3, 0.4) is 0 Å². The second-order valence-corrected chi connectivity index (χ2v) is 8.81. The van der Waals surface area contributed by atoms with Gasteiger partial charge in [-0.2, -0.15) is 5.10 Å². The van der Waals surface area contributed by atoms with Crippen molar-refractivity contribution in [1.82, 2.24) is 24.7 Å². The lowest BCUT2D eigenvalue weighted by Crippen LogP contribution is -2.44. The molecule has 6 rings (SSSR count). The van der Waals surface area contributed by atoms with E-state index >= 15 is 0 Å². The molecule has 1 saturated heterocycles. The largest absolute Gasteiger partial charge is 0.377 e. The molecular weight excluding hydrogens is 408 g/mol. The first-order valence-corrected chi connectivity index (χ1v) is 11.3. The number of nitrogens with zero attached hydrogens (tertiary/aromatic N) is 5. The van der Waals surface area contributed by atoms with Crippen LogP contribution >= 0.6 is 11.3 Å². The van der Waals surface area contributed by atoms with E-state index in [4.69, 9.17) is 14.7 Å². The molecule has 0 aliphatic carbocycles. The highest BCUT2D eigenvalue weighted by Gasteiger charge is 2.26. The second-order valence-electron chi connectivity index (χ2n) is 7.93. The van der Waals surface area contributed by atoms with E-state index in [1.54, 1.807) is 11.3 Å². The number of aryl methyl sites for hydroxylation is 1. The Balaban J connectivity index is 1.63. The van der Waals surface area contributed by atoms with Crippen molar-refractivity contribution >= 4 is 38.3 Å². The third-order valence-electron chi connectivity index (χ3n) is 5.86. The number of aromatic amines is 1. The van der Waals surface area contributed by atoms with Gasteiger partial charge >= 0.3 is 0 Å². The summed E-state index contributed by atoms with van der Waals surface area (Å²) in [6, 6.07) is 10.6.